The van der Waals surface area contributed by atoms with Crippen LogP contribution in [0.1, 0.15) is 19.8 Å². The van der Waals surface area contributed by atoms with Crippen molar-refractivity contribution in [2.45, 2.75) is 38.0 Å². The molecule has 2 saturated heterocycles. The Morgan fingerprint density at radius 3 is 2.62 bits per heavy atom. The van der Waals surface area contributed by atoms with Gasteiger partial charge in [0.25, 0.3) is 0 Å². The maximum absolute atomic E-state index is 5.89. The van der Waals surface area contributed by atoms with Gasteiger partial charge in [-0.1, -0.05) is 0 Å². The van der Waals surface area contributed by atoms with E-state index < -0.39 is 0 Å². The van der Waals surface area contributed by atoms with Crippen LogP contribution in [0.25, 0.3) is 0 Å². The number of rotatable bonds is 2. The second kappa shape index (κ2) is 3.95. The predicted octanol–water partition coefficient (Wildman–Crippen LogP) is 0.884. The van der Waals surface area contributed by atoms with Crippen LogP contribution in [0.3, 0.4) is 0 Å². The lowest BCUT2D eigenvalue weighted by Crippen LogP contribution is -2.45. The minimum atomic E-state index is 0.389. The molecule has 0 aromatic rings. The first-order chi connectivity index (χ1) is 6.25. The molecule has 2 atom stereocenters. The van der Waals surface area contributed by atoms with Crippen LogP contribution in [-0.4, -0.2) is 50.0 Å². The van der Waals surface area contributed by atoms with Crippen LogP contribution in [-0.2, 0) is 9.47 Å². The third-order valence-electron chi connectivity index (χ3n) is 3.15. The van der Waals surface area contributed by atoms with Gasteiger partial charge in [-0.05, 0) is 26.8 Å². The second-order valence-corrected chi connectivity index (χ2v) is 4.27. The summed E-state index contributed by atoms with van der Waals surface area (Å²) in [6, 6.07) is 0.666. The number of likely N-dealkylation sites (tertiary alicyclic amines) is 1. The summed E-state index contributed by atoms with van der Waals surface area (Å²) in [7, 11) is 2.19. The van der Waals surface area contributed by atoms with Gasteiger partial charge >= 0.3 is 0 Å². The highest BCUT2D eigenvalue weighted by Crippen LogP contribution is 2.21. The molecule has 2 aliphatic heterocycles. The van der Waals surface area contributed by atoms with Crippen LogP contribution in [0.5, 0.6) is 0 Å². The van der Waals surface area contributed by atoms with E-state index in [1.165, 1.54) is 19.4 Å². The SMILES string of the molecule is C[C@@H]1CC(OC2COC2)CCN1C. The molecule has 76 valence electrons. The van der Waals surface area contributed by atoms with Crippen molar-refractivity contribution in [3.8, 4) is 0 Å². The van der Waals surface area contributed by atoms with Crippen LogP contribution in [0.15, 0.2) is 0 Å². The lowest BCUT2D eigenvalue weighted by Gasteiger charge is -2.38. The van der Waals surface area contributed by atoms with Gasteiger partial charge in [-0.2, -0.15) is 0 Å². The molecule has 13 heavy (non-hydrogen) atoms. The average Bonchev–Trinajstić information content (AvgIpc) is 2.04. The number of nitrogens with zero attached hydrogens (tertiary/aromatic N) is 1. The van der Waals surface area contributed by atoms with Gasteiger partial charge in [0, 0.05) is 12.6 Å². The van der Waals surface area contributed by atoms with Crippen LogP contribution < -0.4 is 0 Å². The summed E-state index contributed by atoms with van der Waals surface area (Å²) in [5.74, 6) is 0. The third kappa shape index (κ3) is 2.22. The molecule has 0 spiro atoms. The molecule has 0 amide bonds. The highest BCUT2D eigenvalue weighted by Gasteiger charge is 2.28. The molecule has 3 nitrogen and oxygen atoms in total. The Kier molecular flexibility index (Phi) is 2.86. The van der Waals surface area contributed by atoms with Gasteiger partial charge in [0.2, 0.25) is 0 Å². The molecule has 1 unspecified atom stereocenters. The van der Waals surface area contributed by atoms with Crippen LogP contribution in [0, 0.1) is 0 Å². The fourth-order valence-corrected chi connectivity index (χ4v) is 1.93. The maximum Gasteiger partial charge on any atom is 0.104 e. The van der Waals surface area contributed by atoms with Crippen molar-refractivity contribution < 1.29 is 9.47 Å². The van der Waals surface area contributed by atoms with E-state index in [1.807, 2.05) is 0 Å². The van der Waals surface area contributed by atoms with E-state index >= 15 is 0 Å². The van der Waals surface area contributed by atoms with Crippen molar-refractivity contribution in [3.63, 3.8) is 0 Å². The average molecular weight is 185 g/mol. The summed E-state index contributed by atoms with van der Waals surface area (Å²) in [5.41, 5.74) is 0. The molecular formula is C10H19NO2. The Morgan fingerprint density at radius 2 is 2.08 bits per heavy atom. The summed E-state index contributed by atoms with van der Waals surface area (Å²) >= 11 is 0. The summed E-state index contributed by atoms with van der Waals surface area (Å²) in [4.78, 5) is 2.40. The fraction of sp³-hybridized carbons (Fsp3) is 1.00. The molecule has 2 rings (SSSR count). The van der Waals surface area contributed by atoms with Crippen LogP contribution in [0.2, 0.25) is 0 Å². The van der Waals surface area contributed by atoms with Gasteiger partial charge in [0.1, 0.15) is 6.10 Å². The standard InChI is InChI=1S/C10H19NO2/c1-8-5-9(3-4-11(8)2)13-10-6-12-7-10/h8-10H,3-7H2,1-2H3/t8-,9?/m1/s1. The van der Waals surface area contributed by atoms with E-state index in [-0.39, 0.29) is 0 Å². The molecule has 0 saturated carbocycles. The van der Waals surface area contributed by atoms with E-state index in [9.17, 15) is 0 Å². The Morgan fingerprint density at radius 1 is 1.31 bits per heavy atom. The van der Waals surface area contributed by atoms with Crippen LogP contribution >= 0.6 is 0 Å². The highest BCUT2D eigenvalue weighted by molar-refractivity contribution is 4.79. The quantitative estimate of drug-likeness (QED) is 0.637. The van der Waals surface area contributed by atoms with E-state index in [0.29, 0.717) is 18.2 Å². The number of piperidine rings is 1. The van der Waals surface area contributed by atoms with E-state index in [0.717, 1.165) is 13.2 Å². The van der Waals surface area contributed by atoms with Gasteiger partial charge in [0.05, 0.1) is 19.3 Å². The lowest BCUT2D eigenvalue weighted by atomic mass is 10.0. The van der Waals surface area contributed by atoms with Crippen molar-refractivity contribution in [2.24, 2.45) is 0 Å². The monoisotopic (exact) mass is 185 g/mol. The van der Waals surface area contributed by atoms with Gasteiger partial charge in [-0.3, -0.25) is 0 Å². The summed E-state index contributed by atoms with van der Waals surface area (Å²) < 4.78 is 11.0. The largest absolute Gasteiger partial charge is 0.376 e. The zero-order valence-corrected chi connectivity index (χ0v) is 8.53. The number of hydrogen-bond acceptors (Lipinski definition) is 3. The zero-order chi connectivity index (χ0) is 9.26. The van der Waals surface area contributed by atoms with Crippen LogP contribution in [0.4, 0.5) is 0 Å². The molecule has 3 heteroatoms. The Balaban J connectivity index is 1.74. The summed E-state index contributed by atoms with van der Waals surface area (Å²) in [6.45, 7) is 5.05. The molecule has 2 aliphatic rings. The number of ether oxygens (including phenoxy) is 2. The van der Waals surface area contributed by atoms with Gasteiger partial charge in [-0.15, -0.1) is 0 Å². The minimum Gasteiger partial charge on any atom is -0.376 e. The van der Waals surface area contributed by atoms with Gasteiger partial charge in [-0.25, -0.2) is 0 Å². The Bertz CT molecular complexity index is 168. The van der Waals surface area contributed by atoms with Crippen molar-refractivity contribution in [2.75, 3.05) is 26.8 Å². The summed E-state index contributed by atoms with van der Waals surface area (Å²) in [6.07, 6.45) is 3.21. The molecule has 0 bridgehead atoms. The van der Waals surface area contributed by atoms with Crippen molar-refractivity contribution in [1.82, 2.24) is 4.90 Å². The molecule has 0 aliphatic carbocycles. The highest BCUT2D eigenvalue weighted by atomic mass is 16.6. The first-order valence-electron chi connectivity index (χ1n) is 5.19. The summed E-state index contributed by atoms with van der Waals surface area (Å²) in [5, 5.41) is 0. The zero-order valence-electron chi connectivity index (χ0n) is 8.53. The smallest absolute Gasteiger partial charge is 0.104 e. The third-order valence-corrected chi connectivity index (χ3v) is 3.15. The maximum atomic E-state index is 5.89. The van der Waals surface area contributed by atoms with Crippen molar-refractivity contribution >= 4 is 0 Å². The molecule has 0 radical (unpaired) electrons. The molecule has 0 N–H and O–H groups in total. The molecule has 2 heterocycles. The Labute approximate surface area is 80.0 Å². The van der Waals surface area contributed by atoms with E-state index in [1.54, 1.807) is 0 Å². The number of hydrogen-bond donors (Lipinski definition) is 0. The van der Waals surface area contributed by atoms with Crippen molar-refractivity contribution in [1.29, 1.82) is 0 Å². The fourth-order valence-electron chi connectivity index (χ4n) is 1.93. The lowest BCUT2D eigenvalue weighted by molar-refractivity contribution is -0.165. The molecule has 2 fully saturated rings. The first-order valence-corrected chi connectivity index (χ1v) is 5.19. The first kappa shape index (κ1) is 9.44. The minimum absolute atomic E-state index is 0.389. The topological polar surface area (TPSA) is 21.7 Å². The molecular weight excluding hydrogens is 166 g/mol. The normalized spacial score (nSPS) is 37.4. The Hall–Kier alpha value is -0.120. The van der Waals surface area contributed by atoms with Crippen molar-refractivity contribution in [3.05, 3.63) is 0 Å². The molecule has 0 aromatic heterocycles. The molecule has 0 aromatic carbocycles. The van der Waals surface area contributed by atoms with Gasteiger partial charge < -0.3 is 14.4 Å². The van der Waals surface area contributed by atoms with Gasteiger partial charge in [0.15, 0.2) is 0 Å². The second-order valence-electron chi connectivity index (χ2n) is 4.27. The van der Waals surface area contributed by atoms with E-state index in [4.69, 9.17) is 9.47 Å². The predicted molar refractivity (Wildman–Crippen MR) is 50.8 cm³/mol. The van der Waals surface area contributed by atoms with E-state index in [2.05, 4.69) is 18.9 Å².